The van der Waals surface area contributed by atoms with E-state index < -0.39 is 45.1 Å². The summed E-state index contributed by atoms with van der Waals surface area (Å²) < 4.78 is 65.3. The van der Waals surface area contributed by atoms with E-state index in [1.807, 2.05) is 0 Å². The highest BCUT2D eigenvalue weighted by molar-refractivity contribution is 7.93. The van der Waals surface area contributed by atoms with Crippen LogP contribution >= 0.6 is 0 Å². The van der Waals surface area contributed by atoms with Gasteiger partial charge in [0.2, 0.25) is 0 Å². The Balaban J connectivity index is 2.22. The van der Waals surface area contributed by atoms with E-state index in [9.17, 15) is 26.4 Å². The Morgan fingerprint density at radius 1 is 1.12 bits per heavy atom. The summed E-state index contributed by atoms with van der Waals surface area (Å²) in [6.07, 6.45) is -5.26. The van der Waals surface area contributed by atoms with E-state index in [4.69, 9.17) is 5.11 Å². The molecular weight excluding hydrogens is 359 g/mol. The first-order valence-electron chi connectivity index (χ1n) is 7.15. The fourth-order valence-electron chi connectivity index (χ4n) is 2.86. The normalized spacial score (nSPS) is 18.8. The highest BCUT2D eigenvalue weighted by Crippen LogP contribution is 2.46. The van der Waals surface area contributed by atoms with Gasteiger partial charge < -0.3 is 5.11 Å². The van der Waals surface area contributed by atoms with E-state index in [1.54, 1.807) is 18.2 Å². The summed E-state index contributed by atoms with van der Waals surface area (Å²) in [6.45, 7) is 0. The largest absolute Gasteiger partial charge is 0.481 e. The van der Waals surface area contributed by atoms with Crippen LogP contribution in [0.3, 0.4) is 0 Å². The van der Waals surface area contributed by atoms with Gasteiger partial charge >= 0.3 is 12.1 Å². The van der Waals surface area contributed by atoms with Gasteiger partial charge in [-0.3, -0.25) is 9.10 Å². The van der Waals surface area contributed by atoms with Gasteiger partial charge in [-0.2, -0.15) is 13.2 Å². The average molecular weight is 371 g/mol. The highest BCUT2D eigenvalue weighted by atomic mass is 32.2. The Kier molecular flexibility index (Phi) is 3.98. The predicted molar refractivity (Wildman–Crippen MR) is 82.5 cm³/mol. The molecule has 0 saturated carbocycles. The third-order valence-corrected chi connectivity index (χ3v) is 5.79. The number of carboxylic acids is 1. The zero-order valence-corrected chi connectivity index (χ0v) is 13.4. The number of para-hydroxylation sites is 1. The summed E-state index contributed by atoms with van der Waals surface area (Å²) in [5.41, 5.74) is -0.864. The number of fused-ring (bicyclic) bond motifs is 1. The van der Waals surface area contributed by atoms with Crippen LogP contribution in [0, 0.1) is 0 Å². The Morgan fingerprint density at radius 2 is 1.76 bits per heavy atom. The standard InChI is InChI=1S/C16H12F3NO4S/c17-16(18,19)10-6-7-12-13(9-15(21)22)20(11-4-2-1-3-5-11)25(23,24)14(12)8-10/h1-8,13H,9H2,(H,21,22)/t13-/m0/s1. The molecule has 3 rings (SSSR count). The van der Waals surface area contributed by atoms with Crippen LogP contribution in [0.25, 0.3) is 0 Å². The summed E-state index contributed by atoms with van der Waals surface area (Å²) in [6, 6.07) is 8.94. The summed E-state index contributed by atoms with van der Waals surface area (Å²) in [7, 11) is -4.31. The summed E-state index contributed by atoms with van der Waals surface area (Å²) in [5, 5.41) is 9.12. The maximum atomic E-state index is 12.9. The molecular formula is C16H12F3NO4S. The quantitative estimate of drug-likeness (QED) is 0.897. The van der Waals surface area contributed by atoms with Crippen molar-refractivity contribution in [3.8, 4) is 0 Å². The molecule has 25 heavy (non-hydrogen) atoms. The molecule has 0 spiro atoms. The number of carboxylic acid groups (broad SMARTS) is 1. The Bertz CT molecular complexity index is 926. The van der Waals surface area contributed by atoms with Crippen LogP contribution in [0.2, 0.25) is 0 Å². The summed E-state index contributed by atoms with van der Waals surface area (Å²) in [5.74, 6) is -1.26. The van der Waals surface area contributed by atoms with Gasteiger partial charge in [0.15, 0.2) is 0 Å². The van der Waals surface area contributed by atoms with Crippen molar-refractivity contribution in [2.45, 2.75) is 23.5 Å². The van der Waals surface area contributed by atoms with Gasteiger partial charge in [0.25, 0.3) is 10.0 Å². The second-order valence-corrected chi connectivity index (χ2v) is 7.28. The zero-order valence-electron chi connectivity index (χ0n) is 12.6. The molecule has 9 heteroatoms. The minimum absolute atomic E-state index is 0.0410. The van der Waals surface area contributed by atoms with E-state index in [-0.39, 0.29) is 11.3 Å². The SMILES string of the molecule is O=C(O)C[C@H]1c2ccc(C(F)(F)F)cc2S(=O)(=O)N1c1ccccc1. The Morgan fingerprint density at radius 3 is 2.32 bits per heavy atom. The number of halogens is 3. The first kappa shape index (κ1) is 17.3. The Hall–Kier alpha value is -2.55. The van der Waals surface area contributed by atoms with Crippen LogP contribution in [0.4, 0.5) is 18.9 Å². The number of aliphatic carboxylic acids is 1. The third kappa shape index (κ3) is 2.95. The molecule has 0 bridgehead atoms. The van der Waals surface area contributed by atoms with Crippen LogP contribution in [0.1, 0.15) is 23.6 Å². The topological polar surface area (TPSA) is 74.7 Å². The van der Waals surface area contributed by atoms with Gasteiger partial charge in [0.05, 0.1) is 28.6 Å². The Labute approximate surface area is 141 Å². The molecule has 1 heterocycles. The van der Waals surface area contributed by atoms with Crippen molar-refractivity contribution in [1.82, 2.24) is 0 Å². The first-order valence-corrected chi connectivity index (χ1v) is 8.59. The molecule has 0 saturated heterocycles. The minimum atomic E-state index is -4.70. The predicted octanol–water partition coefficient (Wildman–Crippen LogP) is 3.43. The van der Waals surface area contributed by atoms with Crippen LogP contribution in [0.15, 0.2) is 53.4 Å². The van der Waals surface area contributed by atoms with Crippen molar-refractivity contribution < 1.29 is 31.5 Å². The lowest BCUT2D eigenvalue weighted by Crippen LogP contribution is -2.29. The number of hydrogen-bond acceptors (Lipinski definition) is 3. The van der Waals surface area contributed by atoms with Crippen LogP contribution in [-0.4, -0.2) is 19.5 Å². The lowest BCUT2D eigenvalue weighted by Gasteiger charge is -2.24. The minimum Gasteiger partial charge on any atom is -0.481 e. The van der Waals surface area contributed by atoms with E-state index in [2.05, 4.69) is 0 Å². The van der Waals surface area contributed by atoms with E-state index in [0.717, 1.165) is 16.4 Å². The van der Waals surface area contributed by atoms with Crippen molar-refractivity contribution in [1.29, 1.82) is 0 Å². The molecule has 1 atom stereocenters. The lowest BCUT2D eigenvalue weighted by molar-refractivity contribution is -0.138. The molecule has 2 aromatic rings. The number of rotatable bonds is 3. The van der Waals surface area contributed by atoms with Crippen molar-refractivity contribution >= 4 is 21.7 Å². The molecule has 1 aliphatic heterocycles. The number of sulfonamides is 1. The number of alkyl halides is 3. The number of nitrogens with zero attached hydrogens (tertiary/aromatic N) is 1. The van der Waals surface area contributed by atoms with Crippen molar-refractivity contribution in [2.75, 3.05) is 4.31 Å². The maximum absolute atomic E-state index is 12.9. The van der Waals surface area contributed by atoms with Crippen LogP contribution < -0.4 is 4.31 Å². The van der Waals surface area contributed by atoms with Gasteiger partial charge in [-0.05, 0) is 29.8 Å². The first-order chi connectivity index (χ1) is 11.6. The average Bonchev–Trinajstić information content (AvgIpc) is 2.74. The van der Waals surface area contributed by atoms with E-state index in [0.29, 0.717) is 6.07 Å². The third-order valence-electron chi connectivity index (χ3n) is 3.90. The summed E-state index contributed by atoms with van der Waals surface area (Å²) >= 11 is 0. The van der Waals surface area contributed by atoms with Gasteiger partial charge in [-0.15, -0.1) is 0 Å². The fourth-order valence-corrected chi connectivity index (χ4v) is 4.77. The number of hydrogen-bond donors (Lipinski definition) is 1. The monoisotopic (exact) mass is 371 g/mol. The molecule has 0 unspecified atom stereocenters. The highest BCUT2D eigenvalue weighted by Gasteiger charge is 2.45. The molecule has 1 N–H and O–H groups in total. The fraction of sp³-hybridized carbons (Fsp3) is 0.188. The lowest BCUT2D eigenvalue weighted by atomic mass is 10.0. The van der Waals surface area contributed by atoms with E-state index >= 15 is 0 Å². The molecule has 0 radical (unpaired) electrons. The second kappa shape index (κ2) is 5.76. The molecule has 0 aromatic heterocycles. The molecule has 0 fully saturated rings. The number of benzene rings is 2. The maximum Gasteiger partial charge on any atom is 0.416 e. The van der Waals surface area contributed by atoms with Gasteiger partial charge in [0, 0.05) is 0 Å². The smallest absolute Gasteiger partial charge is 0.416 e. The van der Waals surface area contributed by atoms with Crippen molar-refractivity contribution in [3.05, 3.63) is 59.7 Å². The van der Waals surface area contributed by atoms with Gasteiger partial charge in [-0.25, -0.2) is 8.42 Å². The molecule has 1 aliphatic rings. The second-order valence-electron chi connectivity index (χ2n) is 5.50. The van der Waals surface area contributed by atoms with Gasteiger partial charge in [0.1, 0.15) is 0 Å². The zero-order chi connectivity index (χ0) is 18.4. The van der Waals surface area contributed by atoms with Crippen LogP contribution in [-0.2, 0) is 21.0 Å². The molecule has 2 aromatic carbocycles. The van der Waals surface area contributed by atoms with Gasteiger partial charge in [-0.1, -0.05) is 24.3 Å². The molecule has 5 nitrogen and oxygen atoms in total. The molecule has 0 aliphatic carbocycles. The molecule has 0 amide bonds. The van der Waals surface area contributed by atoms with Crippen molar-refractivity contribution in [3.63, 3.8) is 0 Å². The molecule has 132 valence electrons. The van der Waals surface area contributed by atoms with Crippen LogP contribution in [0.5, 0.6) is 0 Å². The number of anilines is 1. The number of carbonyl (C=O) groups is 1. The van der Waals surface area contributed by atoms with Crippen molar-refractivity contribution in [2.24, 2.45) is 0 Å². The summed E-state index contributed by atoms with van der Waals surface area (Å²) in [4.78, 5) is 10.7. The van der Waals surface area contributed by atoms with E-state index in [1.165, 1.54) is 12.1 Å².